The molecule has 1 aliphatic rings. The number of carbonyl (C=O) groups is 2. The molecule has 2 aromatic rings. The molecule has 148 valence electrons. The Morgan fingerprint density at radius 2 is 1.71 bits per heavy atom. The summed E-state index contributed by atoms with van der Waals surface area (Å²) in [5.41, 5.74) is 1.04. The lowest BCUT2D eigenvalue weighted by molar-refractivity contribution is 0.0695. The van der Waals surface area contributed by atoms with E-state index in [-0.39, 0.29) is 17.9 Å². The van der Waals surface area contributed by atoms with Crippen molar-refractivity contribution in [1.82, 2.24) is 10.2 Å². The van der Waals surface area contributed by atoms with Crippen molar-refractivity contribution in [2.45, 2.75) is 18.9 Å². The van der Waals surface area contributed by atoms with Gasteiger partial charge in [-0.2, -0.15) is 0 Å². The van der Waals surface area contributed by atoms with E-state index in [4.69, 9.17) is 21.1 Å². The van der Waals surface area contributed by atoms with Gasteiger partial charge in [-0.3, -0.25) is 9.59 Å². The number of amides is 2. The van der Waals surface area contributed by atoms with Gasteiger partial charge in [-0.25, -0.2) is 0 Å². The average molecular weight is 403 g/mol. The van der Waals surface area contributed by atoms with E-state index in [1.165, 1.54) is 7.11 Å². The molecular weight excluding hydrogens is 380 g/mol. The molecule has 1 N–H and O–H groups in total. The molecule has 0 aromatic heterocycles. The molecule has 1 heterocycles. The molecule has 3 rings (SSSR count). The largest absolute Gasteiger partial charge is 0.497 e. The van der Waals surface area contributed by atoms with Gasteiger partial charge in [0.15, 0.2) is 0 Å². The molecule has 28 heavy (non-hydrogen) atoms. The number of hydrogen-bond donors (Lipinski definition) is 1. The van der Waals surface area contributed by atoms with Gasteiger partial charge in [0.1, 0.15) is 11.5 Å². The SMILES string of the molecule is COc1ccc(C(=O)NC2CCN(C(=O)c3cc(Cl)ccc3OC)CC2)cc1. The zero-order valence-corrected chi connectivity index (χ0v) is 16.7. The maximum absolute atomic E-state index is 12.8. The number of nitrogens with zero attached hydrogens (tertiary/aromatic N) is 1. The fraction of sp³-hybridized carbons (Fsp3) is 0.333. The van der Waals surface area contributed by atoms with Gasteiger partial charge in [-0.15, -0.1) is 0 Å². The lowest BCUT2D eigenvalue weighted by Gasteiger charge is -2.32. The Hall–Kier alpha value is -2.73. The van der Waals surface area contributed by atoms with E-state index in [0.717, 1.165) is 0 Å². The van der Waals surface area contributed by atoms with E-state index in [1.54, 1.807) is 54.5 Å². The minimum Gasteiger partial charge on any atom is -0.497 e. The molecule has 1 saturated heterocycles. The fourth-order valence-electron chi connectivity index (χ4n) is 3.26. The van der Waals surface area contributed by atoms with Crippen LogP contribution >= 0.6 is 11.6 Å². The van der Waals surface area contributed by atoms with Crippen LogP contribution in [-0.2, 0) is 0 Å². The topological polar surface area (TPSA) is 67.9 Å². The van der Waals surface area contributed by atoms with Crippen molar-refractivity contribution in [1.29, 1.82) is 0 Å². The summed E-state index contributed by atoms with van der Waals surface area (Å²) in [6.45, 7) is 1.12. The molecule has 1 aliphatic heterocycles. The van der Waals surface area contributed by atoms with Crippen LogP contribution in [0, 0.1) is 0 Å². The van der Waals surface area contributed by atoms with E-state index in [0.29, 0.717) is 53.6 Å². The number of methoxy groups -OCH3 is 2. The molecule has 0 bridgehead atoms. The Bertz CT molecular complexity index is 846. The first-order valence-corrected chi connectivity index (χ1v) is 9.47. The van der Waals surface area contributed by atoms with Gasteiger partial charge in [-0.1, -0.05) is 11.6 Å². The third-order valence-electron chi connectivity index (χ3n) is 4.86. The molecular formula is C21H23ClN2O4. The molecule has 2 aromatic carbocycles. The van der Waals surface area contributed by atoms with Crippen LogP contribution in [0.25, 0.3) is 0 Å². The molecule has 0 atom stereocenters. The molecule has 0 saturated carbocycles. The van der Waals surface area contributed by atoms with Gasteiger partial charge >= 0.3 is 0 Å². The second kappa shape index (κ2) is 8.97. The van der Waals surface area contributed by atoms with Crippen LogP contribution in [0.2, 0.25) is 5.02 Å². The summed E-state index contributed by atoms with van der Waals surface area (Å²) in [5, 5.41) is 3.53. The number of halogens is 1. The summed E-state index contributed by atoms with van der Waals surface area (Å²) in [4.78, 5) is 27.0. The molecule has 0 aliphatic carbocycles. The van der Waals surface area contributed by atoms with Gasteiger partial charge < -0.3 is 19.7 Å². The third kappa shape index (κ3) is 4.57. The normalized spacial score (nSPS) is 14.5. The van der Waals surface area contributed by atoms with Gasteiger partial charge in [0.2, 0.25) is 0 Å². The molecule has 7 heteroatoms. The number of carbonyl (C=O) groups excluding carboxylic acids is 2. The van der Waals surface area contributed by atoms with Crippen LogP contribution in [0.3, 0.4) is 0 Å². The summed E-state index contributed by atoms with van der Waals surface area (Å²) in [6.07, 6.45) is 1.38. The first-order valence-electron chi connectivity index (χ1n) is 9.09. The van der Waals surface area contributed by atoms with Crippen LogP contribution in [0.5, 0.6) is 11.5 Å². The van der Waals surface area contributed by atoms with Gasteiger partial charge in [0, 0.05) is 29.7 Å². The van der Waals surface area contributed by atoms with Crippen molar-refractivity contribution in [2.75, 3.05) is 27.3 Å². The van der Waals surface area contributed by atoms with Crippen LogP contribution in [0.15, 0.2) is 42.5 Å². The third-order valence-corrected chi connectivity index (χ3v) is 5.10. The summed E-state index contributed by atoms with van der Waals surface area (Å²) in [7, 11) is 3.12. The zero-order valence-electron chi connectivity index (χ0n) is 15.9. The summed E-state index contributed by atoms with van der Waals surface area (Å²) in [5.74, 6) is 0.979. The highest BCUT2D eigenvalue weighted by Crippen LogP contribution is 2.25. The number of benzene rings is 2. The van der Waals surface area contributed by atoms with E-state index in [1.807, 2.05) is 0 Å². The molecule has 2 amide bonds. The number of piperidine rings is 1. The van der Waals surface area contributed by atoms with Crippen LogP contribution in [0.4, 0.5) is 0 Å². The average Bonchev–Trinajstić information content (AvgIpc) is 2.73. The Kier molecular flexibility index (Phi) is 6.41. The van der Waals surface area contributed by atoms with Crippen LogP contribution < -0.4 is 14.8 Å². The van der Waals surface area contributed by atoms with Crippen molar-refractivity contribution in [2.24, 2.45) is 0 Å². The highest BCUT2D eigenvalue weighted by molar-refractivity contribution is 6.31. The maximum Gasteiger partial charge on any atom is 0.257 e. The van der Waals surface area contributed by atoms with Gasteiger partial charge in [-0.05, 0) is 55.3 Å². The van der Waals surface area contributed by atoms with Gasteiger partial charge in [0.25, 0.3) is 11.8 Å². The first-order chi connectivity index (χ1) is 13.5. The van der Waals surface area contributed by atoms with Crippen molar-refractivity contribution >= 4 is 23.4 Å². The number of rotatable bonds is 5. The Morgan fingerprint density at radius 3 is 2.32 bits per heavy atom. The zero-order chi connectivity index (χ0) is 20.1. The Morgan fingerprint density at radius 1 is 1.04 bits per heavy atom. The predicted molar refractivity (Wildman–Crippen MR) is 107 cm³/mol. The highest BCUT2D eigenvalue weighted by atomic mass is 35.5. The maximum atomic E-state index is 12.8. The second-order valence-electron chi connectivity index (χ2n) is 6.61. The van der Waals surface area contributed by atoms with E-state index >= 15 is 0 Å². The molecule has 0 radical (unpaired) electrons. The number of nitrogens with one attached hydrogen (secondary N) is 1. The standard InChI is InChI=1S/C21H23ClN2O4/c1-27-17-6-3-14(4-7-17)20(25)23-16-9-11-24(12-10-16)21(26)18-13-15(22)5-8-19(18)28-2/h3-8,13,16H,9-12H2,1-2H3,(H,23,25). The van der Waals surface area contributed by atoms with E-state index in [2.05, 4.69) is 5.32 Å². The molecule has 0 unspecified atom stereocenters. The summed E-state index contributed by atoms with van der Waals surface area (Å²) in [6, 6.07) is 12.0. The van der Waals surface area contributed by atoms with Crippen molar-refractivity contribution in [3.63, 3.8) is 0 Å². The van der Waals surface area contributed by atoms with Crippen LogP contribution in [-0.4, -0.2) is 50.1 Å². The lowest BCUT2D eigenvalue weighted by atomic mass is 10.0. The quantitative estimate of drug-likeness (QED) is 0.832. The second-order valence-corrected chi connectivity index (χ2v) is 7.05. The number of ether oxygens (including phenoxy) is 2. The minimum atomic E-state index is -0.121. The summed E-state index contributed by atoms with van der Waals surface area (Å²) < 4.78 is 10.4. The predicted octanol–water partition coefficient (Wildman–Crippen LogP) is 3.39. The van der Waals surface area contributed by atoms with Gasteiger partial charge in [0.05, 0.1) is 19.8 Å². The van der Waals surface area contributed by atoms with Crippen molar-refractivity contribution in [3.8, 4) is 11.5 Å². The Labute approximate surface area is 169 Å². The molecule has 1 fully saturated rings. The van der Waals surface area contributed by atoms with Crippen molar-refractivity contribution in [3.05, 3.63) is 58.6 Å². The molecule has 0 spiro atoms. The highest BCUT2D eigenvalue weighted by Gasteiger charge is 2.26. The number of likely N-dealkylation sites (tertiary alicyclic amines) is 1. The Balaban J connectivity index is 1.57. The minimum absolute atomic E-state index is 0.0277. The van der Waals surface area contributed by atoms with E-state index < -0.39 is 0 Å². The lowest BCUT2D eigenvalue weighted by Crippen LogP contribution is -2.46. The van der Waals surface area contributed by atoms with Crippen LogP contribution in [0.1, 0.15) is 33.6 Å². The molecule has 6 nitrogen and oxygen atoms in total. The number of hydrogen-bond acceptors (Lipinski definition) is 4. The monoisotopic (exact) mass is 402 g/mol. The fourth-order valence-corrected chi connectivity index (χ4v) is 3.43. The summed E-state index contributed by atoms with van der Waals surface area (Å²) >= 11 is 6.03. The van der Waals surface area contributed by atoms with E-state index in [9.17, 15) is 9.59 Å². The first kappa shape index (κ1) is 20.0. The van der Waals surface area contributed by atoms with Crippen molar-refractivity contribution < 1.29 is 19.1 Å². The smallest absolute Gasteiger partial charge is 0.257 e.